The van der Waals surface area contributed by atoms with Crippen LogP contribution >= 0.6 is 0 Å². The van der Waals surface area contributed by atoms with Gasteiger partial charge in [0.2, 0.25) is 0 Å². The number of phenols is 1. The zero-order valence-corrected chi connectivity index (χ0v) is 19.9. The first-order valence-electron chi connectivity index (χ1n) is 12.2. The molecule has 0 bridgehead atoms. The molecule has 5 atom stereocenters. The third-order valence-electron chi connectivity index (χ3n) is 8.41. The van der Waals surface area contributed by atoms with E-state index in [4.69, 9.17) is 9.47 Å². The number of benzene rings is 1. The summed E-state index contributed by atoms with van der Waals surface area (Å²) in [4.78, 5) is 2.13. The molecule has 0 aromatic heterocycles. The van der Waals surface area contributed by atoms with Crippen molar-refractivity contribution in [2.75, 3.05) is 47.1 Å². The van der Waals surface area contributed by atoms with Crippen LogP contribution in [0.5, 0.6) is 5.75 Å². The van der Waals surface area contributed by atoms with Crippen LogP contribution < -0.4 is 0 Å². The third kappa shape index (κ3) is 4.72. The van der Waals surface area contributed by atoms with Crippen molar-refractivity contribution in [1.82, 2.24) is 4.90 Å². The zero-order chi connectivity index (χ0) is 22.0. The van der Waals surface area contributed by atoms with Gasteiger partial charge in [0.25, 0.3) is 0 Å². The number of hydrogen-bond donors (Lipinski definition) is 1. The second-order valence-corrected chi connectivity index (χ2v) is 10.6. The summed E-state index contributed by atoms with van der Waals surface area (Å²) >= 11 is 0. The molecule has 0 amide bonds. The minimum Gasteiger partial charge on any atom is -0.508 e. The second-order valence-electron chi connectivity index (χ2n) is 10.6. The molecule has 4 heteroatoms. The minimum atomic E-state index is 0.329. The molecule has 2 saturated carbocycles. The van der Waals surface area contributed by atoms with Gasteiger partial charge in [0.1, 0.15) is 5.75 Å². The lowest BCUT2D eigenvalue weighted by molar-refractivity contribution is 0.0453. The molecule has 0 saturated heterocycles. The number of rotatable bonds is 8. The molecule has 1 aromatic rings. The average molecular weight is 428 g/mol. The largest absolute Gasteiger partial charge is 0.508 e. The maximum absolute atomic E-state index is 9.95. The number of nitrogens with zero attached hydrogens (tertiary/aromatic N) is 1. The fraction of sp³-hybridized carbons (Fsp3) is 0.704. The number of phenolic OH excluding ortho intramolecular Hbond substituents is 1. The first-order chi connectivity index (χ1) is 14.9. The molecule has 31 heavy (non-hydrogen) atoms. The van der Waals surface area contributed by atoms with Gasteiger partial charge in [0.05, 0.1) is 26.4 Å². The van der Waals surface area contributed by atoms with Gasteiger partial charge in [-0.15, -0.1) is 0 Å². The number of hydrogen-bond acceptors (Lipinski definition) is 4. The molecule has 0 heterocycles. The van der Waals surface area contributed by atoms with Gasteiger partial charge < -0.3 is 19.5 Å². The van der Waals surface area contributed by atoms with E-state index in [1.165, 1.54) is 36.8 Å². The number of ether oxygens (including phenoxy) is 2. The Kier molecular flexibility index (Phi) is 7.10. The summed E-state index contributed by atoms with van der Waals surface area (Å²) in [6.07, 6.45) is 8.56. The van der Waals surface area contributed by atoms with E-state index in [1.807, 2.05) is 12.1 Å². The molecule has 0 unspecified atom stereocenters. The molecule has 4 rings (SSSR count). The smallest absolute Gasteiger partial charge is 0.115 e. The Labute approximate surface area is 188 Å². The van der Waals surface area contributed by atoms with Gasteiger partial charge >= 0.3 is 0 Å². The summed E-state index contributed by atoms with van der Waals surface area (Å²) < 4.78 is 11.5. The first kappa shape index (κ1) is 22.8. The SMILES string of the molecule is C[C@@H]1Cc2cc(O)ccc2[C@H]2CC[C@]3(C)C(=CCOCCOCCN(C)C)CC[C@H]3[C@H]12. The number of fused-ring (bicyclic) bond motifs is 5. The van der Waals surface area contributed by atoms with Crippen LogP contribution in [0.25, 0.3) is 0 Å². The maximum Gasteiger partial charge on any atom is 0.115 e. The van der Waals surface area contributed by atoms with Crippen LogP contribution in [0.2, 0.25) is 0 Å². The highest BCUT2D eigenvalue weighted by Gasteiger charge is 2.54. The average Bonchev–Trinajstić information content (AvgIpc) is 3.05. The molecular formula is C27H41NO3. The predicted octanol–water partition coefficient (Wildman–Crippen LogP) is 5.02. The zero-order valence-electron chi connectivity index (χ0n) is 19.9. The Balaban J connectivity index is 1.36. The molecule has 2 fully saturated rings. The molecular weight excluding hydrogens is 386 g/mol. The second kappa shape index (κ2) is 9.64. The van der Waals surface area contributed by atoms with Gasteiger partial charge in [-0.05, 0) is 98.5 Å². The summed E-state index contributed by atoms with van der Waals surface area (Å²) in [5, 5.41) is 9.95. The topological polar surface area (TPSA) is 41.9 Å². The van der Waals surface area contributed by atoms with Crippen LogP contribution in [-0.2, 0) is 15.9 Å². The van der Waals surface area contributed by atoms with Crippen molar-refractivity contribution in [2.45, 2.75) is 51.9 Å². The van der Waals surface area contributed by atoms with Gasteiger partial charge in [-0.1, -0.05) is 31.6 Å². The van der Waals surface area contributed by atoms with Crippen LogP contribution in [0.1, 0.15) is 56.6 Å². The quantitative estimate of drug-likeness (QED) is 0.467. The monoisotopic (exact) mass is 427 g/mol. The van der Waals surface area contributed by atoms with E-state index in [2.05, 4.69) is 45.0 Å². The Hall–Kier alpha value is -1.36. The Morgan fingerprint density at radius 1 is 1.16 bits per heavy atom. The summed E-state index contributed by atoms with van der Waals surface area (Å²) in [6.45, 7) is 8.74. The highest BCUT2D eigenvalue weighted by Crippen LogP contribution is 2.63. The summed E-state index contributed by atoms with van der Waals surface area (Å²) in [5.41, 5.74) is 4.86. The minimum absolute atomic E-state index is 0.329. The molecule has 0 aliphatic heterocycles. The van der Waals surface area contributed by atoms with Crippen molar-refractivity contribution in [3.05, 3.63) is 41.0 Å². The number of allylic oxidation sites excluding steroid dienone is 1. The Morgan fingerprint density at radius 2 is 1.97 bits per heavy atom. The standard InChI is InChI=1S/C27H41NO3/c1-19-17-20-18-22(29)6-7-23(20)24-9-11-27(2)21(5-8-25(27)26(19)24)10-13-30-15-16-31-14-12-28(3)4/h6-7,10,18-19,24-26,29H,5,8-9,11-17H2,1-4H3/t19-,24-,25+,26-,27-/m1/s1. The molecule has 1 aromatic carbocycles. The summed E-state index contributed by atoms with van der Waals surface area (Å²) in [6, 6.07) is 6.11. The lowest BCUT2D eigenvalue weighted by Gasteiger charge is -2.52. The van der Waals surface area contributed by atoms with E-state index in [1.54, 1.807) is 5.57 Å². The first-order valence-corrected chi connectivity index (χ1v) is 12.2. The third-order valence-corrected chi connectivity index (χ3v) is 8.41. The number of likely N-dealkylation sites (N-methyl/N-ethyl adjacent to an activating group) is 1. The molecule has 1 N–H and O–H groups in total. The highest BCUT2D eigenvalue weighted by molar-refractivity contribution is 5.41. The maximum atomic E-state index is 9.95. The van der Waals surface area contributed by atoms with Crippen molar-refractivity contribution in [2.24, 2.45) is 23.2 Å². The van der Waals surface area contributed by atoms with Crippen molar-refractivity contribution >= 4 is 0 Å². The molecule has 0 radical (unpaired) electrons. The molecule has 4 nitrogen and oxygen atoms in total. The molecule has 3 aliphatic rings. The van der Waals surface area contributed by atoms with Crippen molar-refractivity contribution < 1.29 is 14.6 Å². The van der Waals surface area contributed by atoms with Gasteiger partial charge in [0, 0.05) is 6.54 Å². The Bertz CT molecular complexity index is 789. The van der Waals surface area contributed by atoms with Gasteiger partial charge in [0.15, 0.2) is 0 Å². The van der Waals surface area contributed by atoms with E-state index < -0.39 is 0 Å². The van der Waals surface area contributed by atoms with E-state index in [-0.39, 0.29) is 0 Å². The van der Waals surface area contributed by atoms with Gasteiger partial charge in [-0.3, -0.25) is 0 Å². The van der Waals surface area contributed by atoms with E-state index in [9.17, 15) is 5.11 Å². The van der Waals surface area contributed by atoms with E-state index in [0.29, 0.717) is 42.8 Å². The number of aromatic hydroxyl groups is 1. The fourth-order valence-electron chi connectivity index (χ4n) is 6.86. The summed E-state index contributed by atoms with van der Waals surface area (Å²) in [7, 11) is 4.12. The predicted molar refractivity (Wildman–Crippen MR) is 126 cm³/mol. The normalized spacial score (nSPS) is 33.4. The molecule has 0 spiro atoms. The van der Waals surface area contributed by atoms with Crippen molar-refractivity contribution in [1.29, 1.82) is 0 Å². The molecule has 172 valence electrons. The van der Waals surface area contributed by atoms with Gasteiger partial charge in [-0.25, -0.2) is 0 Å². The van der Waals surface area contributed by atoms with Crippen LogP contribution in [0.3, 0.4) is 0 Å². The molecule has 3 aliphatic carbocycles. The van der Waals surface area contributed by atoms with Crippen LogP contribution in [-0.4, -0.2) is 57.1 Å². The lowest BCUT2D eigenvalue weighted by atomic mass is 9.52. The summed E-state index contributed by atoms with van der Waals surface area (Å²) in [5.74, 6) is 3.28. The van der Waals surface area contributed by atoms with Crippen LogP contribution in [0.4, 0.5) is 0 Å². The van der Waals surface area contributed by atoms with E-state index in [0.717, 1.165) is 31.4 Å². The fourth-order valence-corrected chi connectivity index (χ4v) is 6.86. The lowest BCUT2D eigenvalue weighted by Crippen LogP contribution is -2.43. The van der Waals surface area contributed by atoms with Crippen LogP contribution in [0.15, 0.2) is 29.8 Å². The van der Waals surface area contributed by atoms with Gasteiger partial charge in [-0.2, -0.15) is 0 Å². The van der Waals surface area contributed by atoms with Crippen molar-refractivity contribution in [3.8, 4) is 5.75 Å². The van der Waals surface area contributed by atoms with E-state index >= 15 is 0 Å². The highest BCUT2D eigenvalue weighted by atomic mass is 16.5. The van der Waals surface area contributed by atoms with Crippen LogP contribution in [0, 0.1) is 23.2 Å². The van der Waals surface area contributed by atoms with Crippen molar-refractivity contribution in [3.63, 3.8) is 0 Å². The Morgan fingerprint density at radius 3 is 2.77 bits per heavy atom.